The molecule has 1 aromatic heterocycles. The highest BCUT2D eigenvalue weighted by molar-refractivity contribution is 9.10. The van der Waals surface area contributed by atoms with Crippen molar-refractivity contribution in [2.45, 2.75) is 31.0 Å². The van der Waals surface area contributed by atoms with Crippen LogP contribution in [0, 0.1) is 16.0 Å². The third-order valence-corrected chi connectivity index (χ3v) is 4.62. The molecule has 1 aliphatic carbocycles. The van der Waals surface area contributed by atoms with Gasteiger partial charge in [0.05, 0.1) is 21.5 Å². The van der Waals surface area contributed by atoms with E-state index in [9.17, 15) is 10.1 Å². The van der Waals surface area contributed by atoms with Crippen LogP contribution in [0.5, 0.6) is 0 Å². The minimum absolute atomic E-state index is 0.00514. The Kier molecular flexibility index (Phi) is 3.61. The maximum absolute atomic E-state index is 10.7. The predicted molar refractivity (Wildman–Crippen MR) is 76.4 cm³/mol. The van der Waals surface area contributed by atoms with Crippen molar-refractivity contribution in [3.63, 3.8) is 0 Å². The normalized spacial score (nSPS) is 32.1. The Balaban J connectivity index is 1.73. The summed E-state index contributed by atoms with van der Waals surface area (Å²) in [6.45, 7) is 0.765. The molecule has 2 fully saturated rings. The van der Waals surface area contributed by atoms with E-state index in [1.165, 1.54) is 12.3 Å². The molecular formula is C12H15BrN4O3. The summed E-state index contributed by atoms with van der Waals surface area (Å²) < 4.78 is 6.29. The lowest BCUT2D eigenvalue weighted by molar-refractivity contribution is -0.385. The number of pyridine rings is 1. The first-order chi connectivity index (χ1) is 9.58. The van der Waals surface area contributed by atoms with Crippen LogP contribution in [-0.2, 0) is 4.74 Å². The lowest BCUT2D eigenvalue weighted by Crippen LogP contribution is -2.69. The molecule has 0 spiro atoms. The summed E-state index contributed by atoms with van der Waals surface area (Å²) in [6, 6.07) is 1.47. The van der Waals surface area contributed by atoms with Gasteiger partial charge < -0.3 is 15.8 Å². The summed E-state index contributed by atoms with van der Waals surface area (Å²) in [5.74, 6) is 0.960. The van der Waals surface area contributed by atoms with Crippen molar-refractivity contribution < 1.29 is 9.66 Å². The molecule has 0 aromatic carbocycles. The van der Waals surface area contributed by atoms with Crippen LogP contribution in [0.3, 0.4) is 0 Å². The van der Waals surface area contributed by atoms with Crippen molar-refractivity contribution in [1.29, 1.82) is 0 Å². The lowest BCUT2D eigenvalue weighted by Gasteiger charge is -2.52. The Morgan fingerprint density at radius 1 is 1.60 bits per heavy atom. The number of nitrogens with one attached hydrogen (secondary N) is 1. The number of rotatable bonds is 3. The summed E-state index contributed by atoms with van der Waals surface area (Å²) in [4.78, 5) is 14.3. The molecule has 1 saturated carbocycles. The van der Waals surface area contributed by atoms with E-state index in [0.717, 1.165) is 19.4 Å². The topological polar surface area (TPSA) is 103 Å². The molecule has 8 heteroatoms. The average molecular weight is 343 g/mol. The fourth-order valence-corrected chi connectivity index (χ4v) is 3.37. The van der Waals surface area contributed by atoms with E-state index in [2.05, 4.69) is 26.2 Å². The SMILES string of the molecule is NC1C2CCCOC2C1Nc1ncc([N+](=O)[O-])cc1Br. The molecule has 0 radical (unpaired) electrons. The van der Waals surface area contributed by atoms with Crippen LogP contribution < -0.4 is 11.1 Å². The van der Waals surface area contributed by atoms with Gasteiger partial charge in [-0.1, -0.05) is 0 Å². The Morgan fingerprint density at radius 2 is 2.40 bits per heavy atom. The van der Waals surface area contributed by atoms with Crippen LogP contribution in [0.2, 0.25) is 0 Å². The second-order valence-electron chi connectivity index (χ2n) is 5.17. The first-order valence-corrected chi connectivity index (χ1v) is 7.31. The van der Waals surface area contributed by atoms with Gasteiger partial charge in [0.25, 0.3) is 5.69 Å². The number of ether oxygens (including phenoxy) is 1. The Bertz CT molecular complexity index is 541. The molecule has 3 rings (SSSR count). The molecular weight excluding hydrogens is 328 g/mol. The Labute approximate surface area is 124 Å². The second-order valence-corrected chi connectivity index (χ2v) is 6.02. The molecule has 108 valence electrons. The monoisotopic (exact) mass is 342 g/mol. The van der Waals surface area contributed by atoms with Gasteiger partial charge in [-0.2, -0.15) is 0 Å². The van der Waals surface area contributed by atoms with Gasteiger partial charge in [-0.05, 0) is 28.8 Å². The highest BCUT2D eigenvalue weighted by Gasteiger charge is 2.50. The highest BCUT2D eigenvalue weighted by Crippen LogP contribution is 2.39. The van der Waals surface area contributed by atoms with E-state index < -0.39 is 4.92 Å². The first-order valence-electron chi connectivity index (χ1n) is 6.51. The van der Waals surface area contributed by atoms with Crippen molar-refractivity contribution in [2.24, 2.45) is 11.7 Å². The minimum Gasteiger partial charge on any atom is -0.376 e. The van der Waals surface area contributed by atoms with Crippen molar-refractivity contribution in [1.82, 2.24) is 4.98 Å². The van der Waals surface area contributed by atoms with Crippen molar-refractivity contribution in [3.8, 4) is 0 Å². The van der Waals surface area contributed by atoms with Crippen LogP contribution in [0.4, 0.5) is 11.5 Å². The van der Waals surface area contributed by atoms with Gasteiger partial charge >= 0.3 is 0 Å². The van der Waals surface area contributed by atoms with Gasteiger partial charge in [-0.15, -0.1) is 0 Å². The summed E-state index contributed by atoms with van der Waals surface area (Å²) in [5, 5.41) is 13.9. The number of hydrogen-bond acceptors (Lipinski definition) is 6. The quantitative estimate of drug-likeness (QED) is 0.639. The van der Waals surface area contributed by atoms with Crippen LogP contribution in [-0.4, -0.2) is 34.7 Å². The summed E-state index contributed by atoms with van der Waals surface area (Å²) in [5.41, 5.74) is 6.11. The number of nitrogens with zero attached hydrogens (tertiary/aromatic N) is 2. The van der Waals surface area contributed by atoms with Crippen molar-refractivity contribution in [3.05, 3.63) is 26.9 Å². The van der Waals surface area contributed by atoms with E-state index >= 15 is 0 Å². The average Bonchev–Trinajstić information content (AvgIpc) is 2.45. The summed E-state index contributed by atoms with van der Waals surface area (Å²) >= 11 is 3.29. The summed E-state index contributed by atoms with van der Waals surface area (Å²) in [7, 11) is 0. The maximum atomic E-state index is 10.7. The van der Waals surface area contributed by atoms with Gasteiger partial charge in [0.1, 0.15) is 12.0 Å². The van der Waals surface area contributed by atoms with Crippen LogP contribution in [0.25, 0.3) is 0 Å². The van der Waals surface area contributed by atoms with Crippen molar-refractivity contribution in [2.75, 3.05) is 11.9 Å². The lowest BCUT2D eigenvalue weighted by atomic mass is 9.68. The zero-order valence-corrected chi connectivity index (χ0v) is 12.2. The smallest absolute Gasteiger partial charge is 0.288 e. The highest BCUT2D eigenvalue weighted by atomic mass is 79.9. The molecule has 4 atom stereocenters. The number of aromatic nitrogens is 1. The van der Waals surface area contributed by atoms with E-state index in [4.69, 9.17) is 10.5 Å². The van der Waals surface area contributed by atoms with Gasteiger partial charge in [0.2, 0.25) is 0 Å². The van der Waals surface area contributed by atoms with Gasteiger partial charge in [-0.25, -0.2) is 4.98 Å². The Hall–Kier alpha value is -1.25. The Morgan fingerprint density at radius 3 is 3.10 bits per heavy atom. The zero-order valence-electron chi connectivity index (χ0n) is 10.7. The first kappa shape index (κ1) is 13.7. The predicted octanol–water partition coefficient (Wildman–Crippen LogP) is 1.67. The second kappa shape index (κ2) is 5.27. The van der Waals surface area contributed by atoms with E-state index in [0.29, 0.717) is 16.2 Å². The van der Waals surface area contributed by atoms with Gasteiger partial charge in [-0.3, -0.25) is 10.1 Å². The number of halogens is 1. The van der Waals surface area contributed by atoms with Crippen LogP contribution >= 0.6 is 15.9 Å². The molecule has 1 saturated heterocycles. The van der Waals surface area contributed by atoms with Gasteiger partial charge in [0.15, 0.2) is 0 Å². The minimum atomic E-state index is -0.475. The number of anilines is 1. The van der Waals surface area contributed by atoms with Crippen LogP contribution in [0.15, 0.2) is 16.7 Å². The standard InChI is InChI=1S/C12H15BrN4O3/c13-8-4-6(17(18)19)5-15-12(8)16-10-9(14)7-2-1-3-20-11(7)10/h4-5,7,9-11H,1-3,14H2,(H,15,16). The third kappa shape index (κ3) is 2.27. The fraction of sp³-hybridized carbons (Fsp3) is 0.583. The van der Waals surface area contributed by atoms with Crippen LogP contribution in [0.1, 0.15) is 12.8 Å². The molecule has 4 unspecified atom stereocenters. The molecule has 20 heavy (non-hydrogen) atoms. The number of nitrogens with two attached hydrogens (primary N) is 1. The molecule has 0 bridgehead atoms. The maximum Gasteiger partial charge on any atom is 0.288 e. The molecule has 1 aromatic rings. The number of fused-ring (bicyclic) bond motifs is 1. The number of hydrogen-bond donors (Lipinski definition) is 2. The third-order valence-electron chi connectivity index (χ3n) is 4.02. The molecule has 2 heterocycles. The largest absolute Gasteiger partial charge is 0.376 e. The molecule has 7 nitrogen and oxygen atoms in total. The number of nitro groups is 1. The zero-order chi connectivity index (χ0) is 14.3. The molecule has 3 N–H and O–H groups in total. The summed E-state index contributed by atoms with van der Waals surface area (Å²) in [6.07, 6.45) is 3.50. The van der Waals surface area contributed by atoms with E-state index in [1.807, 2.05) is 0 Å². The molecule has 0 amide bonds. The molecule has 2 aliphatic rings. The molecule has 1 aliphatic heterocycles. The van der Waals surface area contributed by atoms with Gasteiger partial charge in [0, 0.05) is 24.6 Å². The van der Waals surface area contributed by atoms with Crippen molar-refractivity contribution >= 4 is 27.4 Å². The van der Waals surface area contributed by atoms with E-state index in [1.54, 1.807) is 0 Å². The fourth-order valence-electron chi connectivity index (χ4n) is 2.92. The van der Waals surface area contributed by atoms with E-state index in [-0.39, 0.29) is 23.9 Å².